The second-order valence-electron chi connectivity index (χ2n) is 6.54. The van der Waals surface area contributed by atoms with Crippen molar-refractivity contribution >= 4 is 38.3 Å². The Morgan fingerprint density at radius 2 is 2.19 bits per heavy atom. The third kappa shape index (κ3) is 3.62. The second-order valence-corrected chi connectivity index (χ2v) is 7.55. The zero-order valence-electron chi connectivity index (χ0n) is 14.5. The zero-order chi connectivity index (χ0) is 18.8. The van der Waals surface area contributed by atoms with Crippen LogP contribution in [0.5, 0.6) is 0 Å². The maximum Gasteiger partial charge on any atom is 0.229 e. The average Bonchev–Trinajstić information content (AvgIpc) is 3.13. The van der Waals surface area contributed by atoms with Crippen molar-refractivity contribution in [1.82, 2.24) is 4.98 Å². The average molecular weight is 380 g/mol. The van der Waals surface area contributed by atoms with Crippen LogP contribution in [0.3, 0.4) is 0 Å². The van der Waals surface area contributed by atoms with Gasteiger partial charge in [-0.1, -0.05) is 23.5 Å². The smallest absolute Gasteiger partial charge is 0.229 e. The number of piperidine rings is 1. The summed E-state index contributed by atoms with van der Waals surface area (Å²) in [4.78, 5) is 19.5. The minimum Gasteiger partial charge on any atom is -0.347 e. The lowest BCUT2D eigenvalue weighted by atomic mass is 9.97. The Morgan fingerprint density at radius 3 is 3.00 bits per heavy atom. The molecule has 0 bridgehead atoms. The molecule has 1 amide bonds. The summed E-state index contributed by atoms with van der Waals surface area (Å²) in [7, 11) is 0. The molecule has 5 nitrogen and oxygen atoms in total. The predicted octanol–water partition coefficient (Wildman–Crippen LogP) is 4.16. The van der Waals surface area contributed by atoms with E-state index >= 15 is 0 Å². The first-order valence-corrected chi connectivity index (χ1v) is 9.57. The lowest BCUT2D eigenvalue weighted by Crippen LogP contribution is -2.40. The third-order valence-corrected chi connectivity index (χ3v) is 5.80. The van der Waals surface area contributed by atoms with Gasteiger partial charge in [0.05, 0.1) is 27.4 Å². The third-order valence-electron chi connectivity index (χ3n) is 4.71. The summed E-state index contributed by atoms with van der Waals surface area (Å²) in [6, 6.07) is 13.7. The summed E-state index contributed by atoms with van der Waals surface area (Å²) in [6.45, 7) is 1.44. The van der Waals surface area contributed by atoms with Gasteiger partial charge in [-0.15, -0.1) is 0 Å². The summed E-state index contributed by atoms with van der Waals surface area (Å²) in [5, 5.41) is 12.9. The molecule has 1 N–H and O–H groups in total. The van der Waals surface area contributed by atoms with Crippen molar-refractivity contribution in [3.63, 3.8) is 0 Å². The summed E-state index contributed by atoms with van der Waals surface area (Å²) >= 11 is 1.63. The topological polar surface area (TPSA) is 69.0 Å². The van der Waals surface area contributed by atoms with Crippen LogP contribution in [-0.2, 0) is 4.79 Å². The monoisotopic (exact) mass is 380 g/mol. The number of benzene rings is 2. The standard InChI is InChI=1S/C20H17FN4OS/c21-15-7-8-16(14(10-15)11-22)23-19(26)13-4-3-9-25(12-13)20-24-17-5-1-2-6-18(17)27-20/h1-2,5-8,10,13H,3-4,9,12H2,(H,23,26)/t13-/m0/s1. The number of amides is 1. The van der Waals surface area contributed by atoms with E-state index in [0.29, 0.717) is 12.2 Å². The van der Waals surface area contributed by atoms with Crippen LogP contribution in [-0.4, -0.2) is 24.0 Å². The van der Waals surface area contributed by atoms with Gasteiger partial charge in [0.2, 0.25) is 5.91 Å². The number of rotatable bonds is 3. The highest BCUT2D eigenvalue weighted by molar-refractivity contribution is 7.22. The Kier molecular flexibility index (Phi) is 4.73. The first kappa shape index (κ1) is 17.4. The molecule has 2 heterocycles. The number of nitrogens with zero attached hydrogens (tertiary/aromatic N) is 3. The highest BCUT2D eigenvalue weighted by Crippen LogP contribution is 2.31. The molecule has 0 saturated carbocycles. The number of halogens is 1. The molecule has 0 unspecified atom stereocenters. The summed E-state index contributed by atoms with van der Waals surface area (Å²) in [6.07, 6.45) is 1.67. The van der Waals surface area contributed by atoms with Gasteiger partial charge in [-0.25, -0.2) is 9.37 Å². The van der Waals surface area contributed by atoms with Crippen LogP contribution in [0.1, 0.15) is 18.4 Å². The normalized spacial score (nSPS) is 16.9. The highest BCUT2D eigenvalue weighted by Gasteiger charge is 2.28. The van der Waals surface area contributed by atoms with Crippen LogP contribution in [0, 0.1) is 23.1 Å². The van der Waals surface area contributed by atoms with Crippen LogP contribution in [0.15, 0.2) is 42.5 Å². The molecule has 4 rings (SSSR count). The lowest BCUT2D eigenvalue weighted by Gasteiger charge is -2.31. The van der Waals surface area contributed by atoms with E-state index in [9.17, 15) is 9.18 Å². The number of carbonyl (C=O) groups excluding carboxylic acids is 1. The number of aromatic nitrogens is 1. The molecule has 1 aromatic heterocycles. The van der Waals surface area contributed by atoms with E-state index in [1.54, 1.807) is 11.3 Å². The fraction of sp³-hybridized carbons (Fsp3) is 0.250. The van der Waals surface area contributed by atoms with E-state index < -0.39 is 5.82 Å². The Labute approximate surface area is 160 Å². The molecule has 7 heteroatoms. The van der Waals surface area contributed by atoms with Crippen molar-refractivity contribution < 1.29 is 9.18 Å². The summed E-state index contributed by atoms with van der Waals surface area (Å²) < 4.78 is 14.4. The molecule has 0 aliphatic carbocycles. The molecule has 1 saturated heterocycles. The molecule has 1 atom stereocenters. The van der Waals surface area contributed by atoms with E-state index in [4.69, 9.17) is 5.26 Å². The zero-order valence-corrected chi connectivity index (χ0v) is 15.3. The fourth-order valence-electron chi connectivity index (χ4n) is 3.31. The van der Waals surface area contributed by atoms with Crippen LogP contribution < -0.4 is 10.2 Å². The quantitative estimate of drug-likeness (QED) is 0.741. The second kappa shape index (κ2) is 7.33. The number of fused-ring (bicyclic) bond motifs is 1. The largest absolute Gasteiger partial charge is 0.347 e. The number of thiazole rings is 1. The minimum absolute atomic E-state index is 0.127. The molecular formula is C20H17FN4OS. The molecule has 1 aliphatic rings. The molecule has 27 heavy (non-hydrogen) atoms. The van der Waals surface area contributed by atoms with Crippen molar-refractivity contribution in [3.05, 3.63) is 53.8 Å². The molecule has 1 aliphatic heterocycles. The van der Waals surface area contributed by atoms with E-state index in [0.717, 1.165) is 40.8 Å². The Morgan fingerprint density at radius 1 is 1.33 bits per heavy atom. The number of para-hydroxylation sites is 1. The number of nitriles is 1. The van der Waals surface area contributed by atoms with Crippen molar-refractivity contribution in [2.75, 3.05) is 23.3 Å². The van der Waals surface area contributed by atoms with Crippen molar-refractivity contribution in [3.8, 4) is 6.07 Å². The first-order chi connectivity index (χ1) is 13.1. The molecule has 2 aromatic carbocycles. The van der Waals surface area contributed by atoms with Crippen molar-refractivity contribution in [2.45, 2.75) is 12.8 Å². The van der Waals surface area contributed by atoms with Gasteiger partial charge in [-0.2, -0.15) is 5.26 Å². The Balaban J connectivity index is 1.49. The van der Waals surface area contributed by atoms with E-state index in [-0.39, 0.29) is 17.4 Å². The van der Waals surface area contributed by atoms with Gasteiger partial charge < -0.3 is 10.2 Å². The van der Waals surface area contributed by atoms with Gasteiger partial charge in [-0.05, 0) is 43.2 Å². The van der Waals surface area contributed by atoms with E-state index in [2.05, 4.69) is 15.2 Å². The van der Waals surface area contributed by atoms with Gasteiger partial charge >= 0.3 is 0 Å². The SMILES string of the molecule is N#Cc1cc(F)ccc1NC(=O)[C@H]1CCCN(c2nc3ccccc3s2)C1. The number of carbonyl (C=O) groups is 1. The van der Waals surface area contributed by atoms with Crippen molar-refractivity contribution in [1.29, 1.82) is 5.26 Å². The molecule has 136 valence electrons. The molecule has 3 aromatic rings. The maximum absolute atomic E-state index is 13.3. The highest BCUT2D eigenvalue weighted by atomic mass is 32.1. The van der Waals surface area contributed by atoms with Gasteiger partial charge in [0.15, 0.2) is 5.13 Å². The number of hydrogen-bond acceptors (Lipinski definition) is 5. The van der Waals surface area contributed by atoms with Gasteiger partial charge in [0.25, 0.3) is 0 Å². The van der Waals surface area contributed by atoms with Crippen LogP contribution in [0.25, 0.3) is 10.2 Å². The molecule has 0 radical (unpaired) electrons. The lowest BCUT2D eigenvalue weighted by molar-refractivity contribution is -0.120. The predicted molar refractivity (Wildman–Crippen MR) is 104 cm³/mol. The molecule has 0 spiro atoms. The van der Waals surface area contributed by atoms with Crippen molar-refractivity contribution in [2.24, 2.45) is 5.92 Å². The van der Waals surface area contributed by atoms with Gasteiger partial charge in [-0.3, -0.25) is 4.79 Å². The van der Waals surface area contributed by atoms with E-state index in [1.165, 1.54) is 12.1 Å². The van der Waals surface area contributed by atoms with Gasteiger partial charge in [0.1, 0.15) is 11.9 Å². The number of anilines is 2. The van der Waals surface area contributed by atoms with Crippen LogP contribution >= 0.6 is 11.3 Å². The number of nitrogens with one attached hydrogen (secondary N) is 1. The first-order valence-electron chi connectivity index (χ1n) is 8.75. The van der Waals surface area contributed by atoms with Crippen LogP contribution in [0.2, 0.25) is 0 Å². The number of hydrogen-bond donors (Lipinski definition) is 1. The summed E-state index contributed by atoms with van der Waals surface area (Å²) in [5.41, 5.74) is 1.44. The minimum atomic E-state index is -0.496. The molecular weight excluding hydrogens is 363 g/mol. The van der Waals surface area contributed by atoms with Crippen LogP contribution in [0.4, 0.5) is 15.2 Å². The van der Waals surface area contributed by atoms with Gasteiger partial charge in [0, 0.05) is 13.1 Å². The fourth-order valence-corrected chi connectivity index (χ4v) is 4.31. The van der Waals surface area contributed by atoms with E-state index in [1.807, 2.05) is 30.3 Å². The Hall–Kier alpha value is -2.98. The maximum atomic E-state index is 13.3. The summed E-state index contributed by atoms with van der Waals surface area (Å²) in [5.74, 6) is -0.851. The molecule has 1 fully saturated rings. The Bertz CT molecular complexity index is 1010.